The summed E-state index contributed by atoms with van der Waals surface area (Å²) >= 11 is 0. The van der Waals surface area contributed by atoms with E-state index >= 15 is 0 Å². The number of aliphatic hydroxyl groups is 1. The van der Waals surface area contributed by atoms with Gasteiger partial charge >= 0.3 is 5.97 Å². The van der Waals surface area contributed by atoms with Gasteiger partial charge in [0, 0.05) is 12.5 Å². The Bertz CT molecular complexity index is 172. The zero-order valence-corrected chi connectivity index (χ0v) is 7.41. The first-order valence-electron chi connectivity index (χ1n) is 4.25. The van der Waals surface area contributed by atoms with Crippen molar-refractivity contribution in [1.29, 1.82) is 0 Å². The maximum Gasteiger partial charge on any atom is 0.323 e. The summed E-state index contributed by atoms with van der Waals surface area (Å²) in [5.41, 5.74) is 0. The smallest absolute Gasteiger partial charge is 0.323 e. The zero-order valence-electron chi connectivity index (χ0n) is 7.41. The van der Waals surface area contributed by atoms with Gasteiger partial charge in [0.2, 0.25) is 0 Å². The lowest BCUT2D eigenvalue weighted by atomic mass is 10.0. The maximum absolute atomic E-state index is 11.2. The minimum atomic E-state index is -0.431. The van der Waals surface area contributed by atoms with E-state index in [0.29, 0.717) is 13.2 Å². The van der Waals surface area contributed by atoms with E-state index in [2.05, 4.69) is 5.32 Å². The number of rotatable bonds is 2. The standard InChI is InChI=1S/C8H15NO3/c1-3-12-8(11)7-5(2)6(10)4-9-7/h5-7,9-10H,3-4H2,1-2H3/t5-,6+,7+/m0/s1. The second-order valence-electron chi connectivity index (χ2n) is 3.06. The van der Waals surface area contributed by atoms with Crippen LogP contribution in [0.25, 0.3) is 0 Å². The summed E-state index contributed by atoms with van der Waals surface area (Å²) in [6.07, 6.45) is -0.431. The van der Waals surface area contributed by atoms with Gasteiger partial charge in [-0.25, -0.2) is 0 Å². The molecule has 0 aromatic carbocycles. The highest BCUT2D eigenvalue weighted by Crippen LogP contribution is 2.16. The van der Waals surface area contributed by atoms with E-state index in [1.807, 2.05) is 6.92 Å². The molecule has 1 fully saturated rings. The van der Waals surface area contributed by atoms with Crippen LogP contribution in [0.4, 0.5) is 0 Å². The molecule has 4 heteroatoms. The molecule has 0 aliphatic carbocycles. The fourth-order valence-electron chi connectivity index (χ4n) is 1.37. The molecule has 1 rings (SSSR count). The van der Waals surface area contributed by atoms with Crippen LogP contribution in [-0.2, 0) is 9.53 Å². The number of carbonyl (C=O) groups is 1. The number of esters is 1. The Labute approximate surface area is 71.9 Å². The number of aliphatic hydroxyl groups excluding tert-OH is 1. The highest BCUT2D eigenvalue weighted by molar-refractivity contribution is 5.76. The van der Waals surface area contributed by atoms with E-state index in [0.717, 1.165) is 0 Å². The average molecular weight is 173 g/mol. The van der Waals surface area contributed by atoms with Gasteiger partial charge in [-0.1, -0.05) is 6.92 Å². The van der Waals surface area contributed by atoms with Crippen LogP contribution in [0.2, 0.25) is 0 Å². The van der Waals surface area contributed by atoms with Gasteiger partial charge in [0.15, 0.2) is 0 Å². The van der Waals surface area contributed by atoms with Crippen LogP contribution in [0.3, 0.4) is 0 Å². The van der Waals surface area contributed by atoms with Gasteiger partial charge in [-0.05, 0) is 6.92 Å². The van der Waals surface area contributed by atoms with Crippen molar-refractivity contribution in [3.63, 3.8) is 0 Å². The zero-order chi connectivity index (χ0) is 9.14. The lowest BCUT2D eigenvalue weighted by Crippen LogP contribution is -2.36. The molecule has 70 valence electrons. The largest absolute Gasteiger partial charge is 0.465 e. The topological polar surface area (TPSA) is 58.6 Å². The molecule has 0 amide bonds. The lowest BCUT2D eigenvalue weighted by Gasteiger charge is -2.14. The monoisotopic (exact) mass is 173 g/mol. The van der Waals surface area contributed by atoms with Crippen LogP contribution < -0.4 is 5.32 Å². The third kappa shape index (κ3) is 1.76. The van der Waals surface area contributed by atoms with Crippen molar-refractivity contribution in [3.05, 3.63) is 0 Å². The SMILES string of the molecule is CCOC(=O)[C@@H]1NC[C@@H](O)[C@@H]1C. The van der Waals surface area contributed by atoms with Crippen molar-refractivity contribution in [2.45, 2.75) is 26.0 Å². The third-order valence-electron chi connectivity index (χ3n) is 2.22. The Balaban J connectivity index is 2.47. The summed E-state index contributed by atoms with van der Waals surface area (Å²) < 4.78 is 4.83. The van der Waals surface area contributed by atoms with Crippen molar-refractivity contribution < 1.29 is 14.6 Å². The molecule has 1 saturated heterocycles. The van der Waals surface area contributed by atoms with Crippen LogP contribution in [0.1, 0.15) is 13.8 Å². The summed E-state index contributed by atoms with van der Waals surface area (Å²) in [5.74, 6) is -0.314. The summed E-state index contributed by atoms with van der Waals surface area (Å²) in [7, 11) is 0. The van der Waals surface area contributed by atoms with Crippen LogP contribution in [-0.4, -0.2) is 36.4 Å². The molecule has 0 bridgehead atoms. The van der Waals surface area contributed by atoms with Crippen molar-refractivity contribution in [3.8, 4) is 0 Å². The Morgan fingerprint density at radius 3 is 2.83 bits per heavy atom. The molecule has 2 N–H and O–H groups in total. The van der Waals surface area contributed by atoms with Crippen molar-refractivity contribution >= 4 is 5.97 Å². The van der Waals surface area contributed by atoms with E-state index in [-0.39, 0.29) is 17.9 Å². The Kier molecular flexibility index (Phi) is 3.05. The summed E-state index contributed by atoms with van der Waals surface area (Å²) in [6, 6.07) is -0.333. The fourth-order valence-corrected chi connectivity index (χ4v) is 1.37. The fraction of sp³-hybridized carbons (Fsp3) is 0.875. The molecular formula is C8H15NO3. The van der Waals surface area contributed by atoms with Gasteiger partial charge in [-0.3, -0.25) is 4.79 Å². The quantitative estimate of drug-likeness (QED) is 0.554. The average Bonchev–Trinajstić information content (AvgIpc) is 2.34. The molecule has 12 heavy (non-hydrogen) atoms. The Morgan fingerprint density at radius 1 is 1.75 bits per heavy atom. The first-order chi connectivity index (χ1) is 5.66. The number of β-amino-alcohol motifs (C(OH)–C–C–N with tert-alkyl or cyclic N) is 1. The molecule has 3 atom stereocenters. The first kappa shape index (κ1) is 9.48. The minimum Gasteiger partial charge on any atom is -0.465 e. The van der Waals surface area contributed by atoms with E-state index in [4.69, 9.17) is 4.74 Å². The van der Waals surface area contributed by atoms with Crippen molar-refractivity contribution in [2.75, 3.05) is 13.2 Å². The highest BCUT2D eigenvalue weighted by atomic mass is 16.5. The number of carbonyl (C=O) groups excluding carboxylic acids is 1. The molecule has 0 saturated carbocycles. The molecule has 1 heterocycles. The molecular weight excluding hydrogens is 158 g/mol. The number of hydrogen-bond donors (Lipinski definition) is 2. The predicted molar refractivity (Wildman–Crippen MR) is 43.6 cm³/mol. The van der Waals surface area contributed by atoms with E-state index < -0.39 is 6.10 Å². The lowest BCUT2D eigenvalue weighted by molar-refractivity contribution is -0.146. The van der Waals surface area contributed by atoms with E-state index in [1.54, 1.807) is 6.92 Å². The first-order valence-corrected chi connectivity index (χ1v) is 4.25. The number of nitrogens with one attached hydrogen (secondary N) is 1. The summed E-state index contributed by atoms with van der Waals surface area (Å²) in [5, 5.41) is 12.2. The molecule has 1 aliphatic heterocycles. The molecule has 0 spiro atoms. The predicted octanol–water partition coefficient (Wildman–Crippen LogP) is -0.482. The molecule has 0 aromatic rings. The molecule has 0 unspecified atom stereocenters. The molecule has 0 aromatic heterocycles. The summed E-state index contributed by atoms with van der Waals surface area (Å²) in [6.45, 7) is 4.48. The third-order valence-corrected chi connectivity index (χ3v) is 2.22. The van der Waals surface area contributed by atoms with Crippen molar-refractivity contribution in [2.24, 2.45) is 5.92 Å². The van der Waals surface area contributed by atoms with Gasteiger partial charge in [-0.15, -0.1) is 0 Å². The molecule has 1 aliphatic rings. The summed E-state index contributed by atoms with van der Waals surface area (Å²) in [4.78, 5) is 11.2. The maximum atomic E-state index is 11.2. The van der Waals surface area contributed by atoms with Crippen LogP contribution in [0.5, 0.6) is 0 Å². The Morgan fingerprint density at radius 2 is 2.42 bits per heavy atom. The second kappa shape index (κ2) is 3.87. The van der Waals surface area contributed by atoms with Crippen LogP contribution in [0, 0.1) is 5.92 Å². The van der Waals surface area contributed by atoms with Gasteiger partial charge in [0.1, 0.15) is 6.04 Å². The van der Waals surface area contributed by atoms with E-state index in [9.17, 15) is 9.90 Å². The van der Waals surface area contributed by atoms with Gasteiger partial charge in [0.25, 0.3) is 0 Å². The van der Waals surface area contributed by atoms with Crippen LogP contribution in [0.15, 0.2) is 0 Å². The molecule has 4 nitrogen and oxygen atoms in total. The number of ether oxygens (including phenoxy) is 1. The Hall–Kier alpha value is -0.610. The van der Waals surface area contributed by atoms with Gasteiger partial charge in [0.05, 0.1) is 12.7 Å². The molecule has 0 radical (unpaired) electrons. The minimum absolute atomic E-state index is 0.0518. The van der Waals surface area contributed by atoms with Crippen LogP contribution >= 0.6 is 0 Å². The van der Waals surface area contributed by atoms with Gasteiger partial charge < -0.3 is 15.2 Å². The normalized spacial score (nSPS) is 35.1. The number of hydrogen-bond acceptors (Lipinski definition) is 4. The van der Waals surface area contributed by atoms with Crippen molar-refractivity contribution in [1.82, 2.24) is 5.32 Å². The van der Waals surface area contributed by atoms with Gasteiger partial charge in [-0.2, -0.15) is 0 Å². The highest BCUT2D eigenvalue weighted by Gasteiger charge is 2.36. The second-order valence-corrected chi connectivity index (χ2v) is 3.06. The van der Waals surface area contributed by atoms with E-state index in [1.165, 1.54) is 0 Å².